The van der Waals surface area contributed by atoms with Gasteiger partial charge in [-0.05, 0) is 12.3 Å². The highest BCUT2D eigenvalue weighted by Gasteiger charge is 2.35. The molecule has 1 fully saturated rings. The maximum atomic E-state index is 11.7. The zero-order chi connectivity index (χ0) is 15.4. The van der Waals surface area contributed by atoms with Gasteiger partial charge in [0, 0.05) is 19.8 Å². The first-order valence-corrected chi connectivity index (χ1v) is 6.57. The second kappa shape index (κ2) is 6.49. The van der Waals surface area contributed by atoms with Gasteiger partial charge in [-0.3, -0.25) is 19.3 Å². The fourth-order valence-corrected chi connectivity index (χ4v) is 2.16. The lowest BCUT2D eigenvalue weighted by Crippen LogP contribution is -2.51. The zero-order valence-corrected chi connectivity index (χ0v) is 12.0. The Morgan fingerprint density at radius 2 is 1.75 bits per heavy atom. The van der Waals surface area contributed by atoms with Gasteiger partial charge in [-0.1, -0.05) is 13.8 Å². The average molecular weight is 284 g/mol. The second-order valence-electron chi connectivity index (χ2n) is 5.33. The first-order valence-electron chi connectivity index (χ1n) is 6.57. The number of carbonyl (C=O) groups is 4. The number of likely N-dealkylation sites (tertiary alicyclic amines) is 1. The zero-order valence-electron chi connectivity index (χ0n) is 12.0. The molecule has 0 aromatic rings. The number of imide groups is 1. The monoisotopic (exact) mass is 284 g/mol. The van der Waals surface area contributed by atoms with E-state index in [1.165, 1.54) is 6.92 Å². The number of amides is 3. The van der Waals surface area contributed by atoms with Crippen molar-refractivity contribution in [2.75, 3.05) is 6.67 Å². The van der Waals surface area contributed by atoms with Gasteiger partial charge in [0.2, 0.25) is 17.7 Å². The van der Waals surface area contributed by atoms with Crippen LogP contribution in [0.4, 0.5) is 0 Å². The van der Waals surface area contributed by atoms with Gasteiger partial charge in [-0.2, -0.15) is 0 Å². The molecule has 7 heteroatoms. The van der Waals surface area contributed by atoms with E-state index in [4.69, 9.17) is 0 Å². The molecular weight excluding hydrogens is 264 g/mol. The average Bonchev–Trinajstić information content (AvgIpc) is 2.63. The number of rotatable bonds is 6. The summed E-state index contributed by atoms with van der Waals surface area (Å²) in [5, 5.41) is 9.26. The fraction of sp³-hybridized carbons (Fsp3) is 0.692. The van der Waals surface area contributed by atoms with Gasteiger partial charge in [-0.25, -0.2) is 4.79 Å². The molecule has 0 bridgehead atoms. The summed E-state index contributed by atoms with van der Waals surface area (Å²) in [6.45, 7) is 4.65. The molecule has 3 amide bonds. The number of carbonyl (C=O) groups excluding carboxylic acids is 3. The third-order valence-corrected chi connectivity index (χ3v) is 3.21. The van der Waals surface area contributed by atoms with Crippen molar-refractivity contribution in [3.05, 3.63) is 0 Å². The molecule has 0 spiro atoms. The van der Waals surface area contributed by atoms with Crippen molar-refractivity contribution in [2.24, 2.45) is 5.92 Å². The molecule has 112 valence electrons. The number of aliphatic carboxylic acids is 1. The predicted octanol–water partition coefficient (Wildman–Crippen LogP) is 0.441. The van der Waals surface area contributed by atoms with Crippen molar-refractivity contribution in [2.45, 2.75) is 46.1 Å². The molecule has 0 unspecified atom stereocenters. The first kappa shape index (κ1) is 16.1. The lowest BCUT2D eigenvalue weighted by atomic mass is 10.0. The third-order valence-electron chi connectivity index (χ3n) is 3.21. The van der Waals surface area contributed by atoms with Gasteiger partial charge < -0.3 is 10.0 Å². The fourth-order valence-electron chi connectivity index (χ4n) is 2.16. The van der Waals surface area contributed by atoms with Crippen LogP contribution in [0.3, 0.4) is 0 Å². The van der Waals surface area contributed by atoms with E-state index in [2.05, 4.69) is 0 Å². The molecule has 0 aromatic heterocycles. The molecule has 0 saturated carbocycles. The Bertz CT molecular complexity index is 416. The molecular formula is C13H20N2O5. The van der Waals surface area contributed by atoms with E-state index in [9.17, 15) is 24.3 Å². The summed E-state index contributed by atoms with van der Waals surface area (Å²) in [5.41, 5.74) is 0. The molecule has 20 heavy (non-hydrogen) atoms. The van der Waals surface area contributed by atoms with E-state index >= 15 is 0 Å². The van der Waals surface area contributed by atoms with Crippen LogP contribution in [0.1, 0.15) is 40.0 Å². The van der Waals surface area contributed by atoms with Crippen molar-refractivity contribution in [3.63, 3.8) is 0 Å². The minimum absolute atomic E-state index is 0.0722. The number of hydrogen-bond donors (Lipinski definition) is 1. The summed E-state index contributed by atoms with van der Waals surface area (Å²) in [7, 11) is 0. The summed E-state index contributed by atoms with van der Waals surface area (Å²) in [4.78, 5) is 48.2. The molecule has 7 nitrogen and oxygen atoms in total. The summed E-state index contributed by atoms with van der Waals surface area (Å²) in [6.07, 6.45) is 0.504. The van der Waals surface area contributed by atoms with Crippen molar-refractivity contribution >= 4 is 23.7 Å². The van der Waals surface area contributed by atoms with Crippen molar-refractivity contribution in [3.8, 4) is 0 Å². The standard InChI is InChI=1S/C13H20N2O5/c1-8(2)6-10(13(19)20)14(9(3)16)7-15-11(17)4-5-12(15)18/h8,10H,4-7H2,1-3H3,(H,19,20)/t10-/m1/s1. The second-order valence-corrected chi connectivity index (χ2v) is 5.33. The molecule has 1 heterocycles. The topological polar surface area (TPSA) is 95.0 Å². The lowest BCUT2D eigenvalue weighted by molar-refractivity contribution is -0.155. The van der Waals surface area contributed by atoms with Crippen LogP contribution in [-0.2, 0) is 19.2 Å². The Morgan fingerprint density at radius 1 is 1.25 bits per heavy atom. The van der Waals surface area contributed by atoms with E-state index in [1.807, 2.05) is 13.8 Å². The summed E-state index contributed by atoms with van der Waals surface area (Å²) < 4.78 is 0. The van der Waals surface area contributed by atoms with Crippen LogP contribution >= 0.6 is 0 Å². The SMILES string of the molecule is CC(=O)N(CN1C(=O)CCC1=O)[C@H](CC(C)C)C(=O)O. The quantitative estimate of drug-likeness (QED) is 0.714. The Hall–Kier alpha value is -1.92. The number of carboxylic acids is 1. The highest BCUT2D eigenvalue weighted by molar-refractivity contribution is 6.02. The van der Waals surface area contributed by atoms with Gasteiger partial charge >= 0.3 is 5.97 Å². The smallest absolute Gasteiger partial charge is 0.326 e. The maximum absolute atomic E-state index is 11.7. The highest BCUT2D eigenvalue weighted by atomic mass is 16.4. The minimum Gasteiger partial charge on any atom is -0.480 e. The van der Waals surface area contributed by atoms with Crippen LogP contribution in [-0.4, -0.2) is 51.3 Å². The van der Waals surface area contributed by atoms with E-state index < -0.39 is 17.9 Å². The summed E-state index contributed by atoms with van der Waals surface area (Å²) >= 11 is 0. The van der Waals surface area contributed by atoms with E-state index in [0.717, 1.165) is 9.80 Å². The molecule has 1 rings (SSSR count). The maximum Gasteiger partial charge on any atom is 0.326 e. The largest absolute Gasteiger partial charge is 0.480 e. The Kier molecular flexibility index (Phi) is 5.24. The third kappa shape index (κ3) is 3.79. The highest BCUT2D eigenvalue weighted by Crippen LogP contribution is 2.17. The van der Waals surface area contributed by atoms with Gasteiger partial charge in [0.05, 0.1) is 0 Å². The van der Waals surface area contributed by atoms with Crippen LogP contribution in [0, 0.1) is 5.92 Å². The predicted molar refractivity (Wildman–Crippen MR) is 69.4 cm³/mol. The Balaban J connectivity index is 2.91. The molecule has 1 aliphatic rings. The van der Waals surface area contributed by atoms with E-state index in [0.29, 0.717) is 0 Å². The molecule has 1 atom stereocenters. The van der Waals surface area contributed by atoms with Gasteiger partial charge in [-0.15, -0.1) is 0 Å². The molecule has 0 radical (unpaired) electrons. The normalized spacial score (nSPS) is 16.7. The van der Waals surface area contributed by atoms with Gasteiger partial charge in [0.1, 0.15) is 12.7 Å². The van der Waals surface area contributed by atoms with Crippen molar-refractivity contribution in [1.29, 1.82) is 0 Å². The molecule has 0 aromatic carbocycles. The van der Waals surface area contributed by atoms with Crippen molar-refractivity contribution in [1.82, 2.24) is 9.80 Å². The van der Waals surface area contributed by atoms with Crippen LogP contribution in [0.15, 0.2) is 0 Å². The van der Waals surface area contributed by atoms with Crippen LogP contribution in [0.25, 0.3) is 0 Å². The number of nitrogens with zero attached hydrogens (tertiary/aromatic N) is 2. The molecule has 1 saturated heterocycles. The Morgan fingerprint density at radius 3 is 2.10 bits per heavy atom. The van der Waals surface area contributed by atoms with E-state index in [1.54, 1.807) is 0 Å². The lowest BCUT2D eigenvalue weighted by Gasteiger charge is -2.31. The summed E-state index contributed by atoms with van der Waals surface area (Å²) in [6, 6.07) is -1.03. The van der Waals surface area contributed by atoms with E-state index in [-0.39, 0.29) is 43.7 Å². The van der Waals surface area contributed by atoms with Crippen LogP contribution < -0.4 is 0 Å². The summed E-state index contributed by atoms with van der Waals surface area (Å²) in [5.74, 6) is -2.26. The molecule has 1 aliphatic heterocycles. The first-order chi connectivity index (χ1) is 9.23. The molecule has 0 aliphatic carbocycles. The van der Waals surface area contributed by atoms with Crippen molar-refractivity contribution < 1.29 is 24.3 Å². The van der Waals surface area contributed by atoms with Crippen LogP contribution in [0.2, 0.25) is 0 Å². The Labute approximate surface area is 117 Å². The molecule has 1 N–H and O–H groups in total. The van der Waals surface area contributed by atoms with Gasteiger partial charge in [0.15, 0.2) is 0 Å². The van der Waals surface area contributed by atoms with Crippen LogP contribution in [0.5, 0.6) is 0 Å². The number of carboxylic acid groups (broad SMARTS) is 1. The van der Waals surface area contributed by atoms with Gasteiger partial charge in [0.25, 0.3) is 0 Å². The minimum atomic E-state index is -1.13. The number of hydrogen-bond acceptors (Lipinski definition) is 4.